The summed E-state index contributed by atoms with van der Waals surface area (Å²) in [7, 11) is 0. The Hall–Kier alpha value is -2.98. The number of nitrogens with one attached hydrogen (secondary N) is 1. The van der Waals surface area contributed by atoms with Gasteiger partial charge in [-0.25, -0.2) is 18.6 Å². The van der Waals surface area contributed by atoms with E-state index in [0.717, 1.165) is 18.6 Å². The summed E-state index contributed by atoms with van der Waals surface area (Å²) in [6.45, 7) is 1.73. The van der Waals surface area contributed by atoms with Crippen LogP contribution in [0.5, 0.6) is 0 Å². The lowest BCUT2D eigenvalue weighted by Gasteiger charge is -2.37. The summed E-state index contributed by atoms with van der Waals surface area (Å²) in [6.07, 6.45) is 3.05. The molecule has 1 atom stereocenters. The summed E-state index contributed by atoms with van der Waals surface area (Å²) in [5, 5.41) is 16.5. The zero-order valence-corrected chi connectivity index (χ0v) is 17.9. The molecule has 0 spiro atoms. The van der Waals surface area contributed by atoms with Gasteiger partial charge in [-0.2, -0.15) is 4.52 Å². The van der Waals surface area contributed by atoms with Crippen LogP contribution >= 0.6 is 12.4 Å². The smallest absolute Gasteiger partial charge is 0.323 e. The number of rotatable bonds is 4. The Balaban J connectivity index is 0.00000245. The third-order valence-electron chi connectivity index (χ3n) is 5.95. The standard InChI is InChI=1S/C21H22F2N6O2.ClH/c22-14-3-4-16(23)15(8-14)17-2-1-7-28(17)19-6-5-18-24-9-20(29(18)26-19)25-21(31)27-10-13(11-27)12-30;/h3-6,8-9,13,17,30H,1-2,7,10-12H2,(H,25,31);1H/t17-;/m1./s1. The molecule has 2 fully saturated rings. The van der Waals surface area contributed by atoms with Gasteiger partial charge in [0.15, 0.2) is 11.5 Å². The van der Waals surface area contributed by atoms with Gasteiger partial charge >= 0.3 is 6.03 Å². The number of likely N-dealkylation sites (tertiary alicyclic amines) is 1. The highest BCUT2D eigenvalue weighted by Gasteiger charge is 2.31. The van der Waals surface area contributed by atoms with Gasteiger partial charge in [-0.05, 0) is 43.2 Å². The number of urea groups is 1. The molecule has 5 rings (SSSR count). The number of carbonyl (C=O) groups is 1. The van der Waals surface area contributed by atoms with Crippen molar-refractivity contribution < 1.29 is 18.7 Å². The van der Waals surface area contributed by atoms with E-state index >= 15 is 0 Å². The van der Waals surface area contributed by atoms with Crippen LogP contribution in [-0.4, -0.2) is 56.9 Å². The van der Waals surface area contributed by atoms with Gasteiger partial charge in [-0.15, -0.1) is 17.5 Å². The molecule has 2 amide bonds. The van der Waals surface area contributed by atoms with Gasteiger partial charge in [-0.1, -0.05) is 0 Å². The third-order valence-corrected chi connectivity index (χ3v) is 5.95. The molecule has 0 unspecified atom stereocenters. The first-order valence-corrected chi connectivity index (χ1v) is 10.3. The summed E-state index contributed by atoms with van der Waals surface area (Å²) < 4.78 is 29.7. The highest BCUT2D eigenvalue weighted by Crippen LogP contribution is 2.36. The number of fused-ring (bicyclic) bond motifs is 1. The Morgan fingerprint density at radius 3 is 2.81 bits per heavy atom. The first-order valence-electron chi connectivity index (χ1n) is 10.3. The van der Waals surface area contributed by atoms with Crippen LogP contribution in [0.4, 0.5) is 25.2 Å². The minimum absolute atomic E-state index is 0. The number of nitrogens with zero attached hydrogens (tertiary/aromatic N) is 5. The highest BCUT2D eigenvalue weighted by molar-refractivity contribution is 5.89. The van der Waals surface area contributed by atoms with Gasteiger partial charge in [0.1, 0.15) is 17.5 Å². The third kappa shape index (κ3) is 3.95. The Bertz CT molecular complexity index is 1140. The summed E-state index contributed by atoms with van der Waals surface area (Å²) in [5.74, 6) is 0.220. The predicted octanol–water partition coefficient (Wildman–Crippen LogP) is 3.23. The second-order valence-electron chi connectivity index (χ2n) is 8.01. The number of hydrogen-bond donors (Lipinski definition) is 2. The number of aliphatic hydroxyl groups is 1. The minimum atomic E-state index is -0.472. The topological polar surface area (TPSA) is 86.0 Å². The Morgan fingerprint density at radius 2 is 2.03 bits per heavy atom. The molecule has 2 aliphatic rings. The molecule has 0 radical (unpaired) electrons. The van der Waals surface area contributed by atoms with E-state index in [1.54, 1.807) is 17.0 Å². The van der Waals surface area contributed by atoms with E-state index in [4.69, 9.17) is 5.11 Å². The molecule has 0 bridgehead atoms. The maximum atomic E-state index is 14.4. The van der Waals surface area contributed by atoms with Crippen molar-refractivity contribution in [1.29, 1.82) is 0 Å². The first kappa shape index (κ1) is 22.2. The molecule has 3 aromatic rings. The Kier molecular flexibility index (Phi) is 6.16. The molecule has 2 aliphatic heterocycles. The quantitative estimate of drug-likeness (QED) is 0.619. The molecular weight excluding hydrogens is 442 g/mol. The minimum Gasteiger partial charge on any atom is -0.396 e. The molecule has 2 N–H and O–H groups in total. The lowest BCUT2D eigenvalue weighted by Crippen LogP contribution is -2.52. The van der Waals surface area contributed by atoms with Crippen LogP contribution in [-0.2, 0) is 0 Å². The van der Waals surface area contributed by atoms with Gasteiger partial charge in [0.05, 0.1) is 12.2 Å². The van der Waals surface area contributed by atoms with Crippen LogP contribution in [0.25, 0.3) is 5.65 Å². The fourth-order valence-corrected chi connectivity index (χ4v) is 4.28. The van der Waals surface area contributed by atoms with Gasteiger partial charge in [0.25, 0.3) is 0 Å². The van der Waals surface area contributed by atoms with E-state index < -0.39 is 11.6 Å². The Morgan fingerprint density at radius 1 is 1.22 bits per heavy atom. The lowest BCUT2D eigenvalue weighted by molar-refractivity contribution is 0.0838. The molecule has 1 aromatic carbocycles. The normalized spacial score (nSPS) is 18.5. The maximum Gasteiger partial charge on any atom is 0.323 e. The number of hydrogen-bond acceptors (Lipinski definition) is 5. The van der Waals surface area contributed by atoms with E-state index in [1.165, 1.54) is 16.8 Å². The molecule has 0 aliphatic carbocycles. The monoisotopic (exact) mass is 464 g/mol. The fourth-order valence-electron chi connectivity index (χ4n) is 4.28. The summed E-state index contributed by atoms with van der Waals surface area (Å²) in [4.78, 5) is 20.3. The van der Waals surface area contributed by atoms with Gasteiger partial charge in [0, 0.05) is 37.7 Å². The largest absolute Gasteiger partial charge is 0.396 e. The van der Waals surface area contributed by atoms with Crippen LogP contribution < -0.4 is 10.2 Å². The number of aliphatic hydroxyl groups excluding tert-OH is 1. The average Bonchev–Trinajstić information content (AvgIpc) is 3.36. The fraction of sp³-hybridized carbons (Fsp3) is 0.381. The van der Waals surface area contributed by atoms with Crippen molar-refractivity contribution in [3.05, 3.63) is 53.7 Å². The van der Waals surface area contributed by atoms with Crippen molar-refractivity contribution in [1.82, 2.24) is 19.5 Å². The van der Waals surface area contributed by atoms with E-state index in [-0.39, 0.29) is 37.0 Å². The average molecular weight is 465 g/mol. The summed E-state index contributed by atoms with van der Waals surface area (Å²) >= 11 is 0. The molecule has 2 saturated heterocycles. The van der Waals surface area contributed by atoms with Crippen molar-refractivity contribution in [3.8, 4) is 0 Å². The molecule has 32 heavy (non-hydrogen) atoms. The molecule has 2 aromatic heterocycles. The summed E-state index contributed by atoms with van der Waals surface area (Å²) in [6, 6.07) is 6.48. The molecule has 0 saturated carbocycles. The highest BCUT2D eigenvalue weighted by atomic mass is 35.5. The van der Waals surface area contributed by atoms with Gasteiger partial charge in [0.2, 0.25) is 0 Å². The van der Waals surface area contributed by atoms with Crippen molar-refractivity contribution in [2.75, 3.05) is 36.5 Å². The van der Waals surface area contributed by atoms with Crippen LogP contribution in [0, 0.1) is 17.6 Å². The van der Waals surface area contributed by atoms with Crippen molar-refractivity contribution in [2.45, 2.75) is 18.9 Å². The molecule has 4 heterocycles. The second kappa shape index (κ2) is 8.87. The maximum absolute atomic E-state index is 14.4. The van der Waals surface area contributed by atoms with Crippen molar-refractivity contribution in [3.63, 3.8) is 0 Å². The molecular formula is C21H23ClF2N6O2. The van der Waals surface area contributed by atoms with Crippen LogP contribution in [0.15, 0.2) is 36.5 Å². The zero-order chi connectivity index (χ0) is 21.5. The number of imidazole rings is 1. The Labute approximate surface area is 189 Å². The number of carbonyl (C=O) groups excluding carboxylic acids is 1. The van der Waals surface area contributed by atoms with Crippen molar-refractivity contribution >= 4 is 35.7 Å². The van der Waals surface area contributed by atoms with Crippen LogP contribution in [0.1, 0.15) is 24.4 Å². The predicted molar refractivity (Wildman–Crippen MR) is 117 cm³/mol. The van der Waals surface area contributed by atoms with Crippen LogP contribution in [0.2, 0.25) is 0 Å². The lowest BCUT2D eigenvalue weighted by atomic mass is 10.0. The van der Waals surface area contributed by atoms with E-state index in [9.17, 15) is 13.6 Å². The number of halogens is 3. The van der Waals surface area contributed by atoms with Gasteiger partial charge in [-0.3, -0.25) is 5.32 Å². The van der Waals surface area contributed by atoms with Gasteiger partial charge < -0.3 is 14.9 Å². The molecule has 170 valence electrons. The zero-order valence-electron chi connectivity index (χ0n) is 17.1. The second-order valence-corrected chi connectivity index (χ2v) is 8.01. The first-order chi connectivity index (χ1) is 15.0. The molecule has 8 nitrogen and oxygen atoms in total. The van der Waals surface area contributed by atoms with Crippen molar-refractivity contribution in [2.24, 2.45) is 5.92 Å². The molecule has 11 heteroatoms. The van der Waals surface area contributed by atoms with E-state index in [2.05, 4.69) is 15.4 Å². The number of amides is 2. The summed E-state index contributed by atoms with van der Waals surface area (Å²) in [5.41, 5.74) is 0.873. The SMILES string of the molecule is Cl.O=C(Nc1cnc2ccc(N3CCC[C@@H]3c3cc(F)ccc3F)nn12)N1CC(CO)C1. The number of anilines is 2. The van der Waals surface area contributed by atoms with E-state index in [0.29, 0.717) is 48.9 Å². The van der Waals surface area contributed by atoms with Crippen LogP contribution in [0.3, 0.4) is 0 Å². The number of aromatic nitrogens is 3. The van der Waals surface area contributed by atoms with E-state index in [1.807, 2.05) is 4.90 Å². The number of benzene rings is 1.